The Labute approximate surface area is 202 Å². The Morgan fingerprint density at radius 1 is 1.11 bits per heavy atom. The third kappa shape index (κ3) is 6.37. The molecule has 3 N–H and O–H groups in total. The van der Waals surface area contributed by atoms with Crippen LogP contribution in [0.2, 0.25) is 0 Å². The van der Waals surface area contributed by atoms with Gasteiger partial charge in [0.05, 0.1) is 7.11 Å². The highest BCUT2D eigenvalue weighted by molar-refractivity contribution is 7.89. The molecule has 0 radical (unpaired) electrons. The van der Waals surface area contributed by atoms with Crippen LogP contribution >= 0.6 is 0 Å². The smallest absolute Gasteiger partial charge is 0.356 e. The molecule has 0 atom stereocenters. The highest BCUT2D eigenvalue weighted by atomic mass is 32.2. The molecule has 1 heterocycles. The molecule has 0 fully saturated rings. The van der Waals surface area contributed by atoms with E-state index in [2.05, 4.69) is 15.1 Å². The van der Waals surface area contributed by atoms with Crippen LogP contribution in [0.4, 0.5) is 5.69 Å². The summed E-state index contributed by atoms with van der Waals surface area (Å²) in [6, 6.07) is 11.7. The van der Waals surface area contributed by atoms with Gasteiger partial charge in [-0.25, -0.2) is 22.6 Å². The normalized spacial score (nSPS) is 11.3. The first-order valence-electron chi connectivity index (χ1n) is 10.5. The molecule has 186 valence electrons. The highest BCUT2D eigenvalue weighted by Gasteiger charge is 2.23. The number of rotatable bonds is 10. The van der Waals surface area contributed by atoms with Crippen LogP contribution in [0.5, 0.6) is 17.4 Å². The lowest BCUT2D eigenvalue weighted by molar-refractivity contribution is 0.0689. The molecule has 3 rings (SSSR count). The van der Waals surface area contributed by atoms with Gasteiger partial charge < -0.3 is 19.9 Å². The Kier molecular flexibility index (Phi) is 7.77. The van der Waals surface area contributed by atoms with Crippen LogP contribution in [-0.2, 0) is 17.1 Å². The predicted octanol–water partition coefficient (Wildman–Crippen LogP) is 3.11. The van der Waals surface area contributed by atoms with Crippen molar-refractivity contribution < 1.29 is 32.6 Å². The van der Waals surface area contributed by atoms with Gasteiger partial charge in [-0.05, 0) is 48.4 Å². The molecular formula is C23H26N4O7S. The van der Waals surface area contributed by atoms with E-state index in [9.17, 15) is 18.0 Å². The molecule has 11 nitrogen and oxygen atoms in total. The number of sulfonamides is 1. The third-order valence-electron chi connectivity index (χ3n) is 4.80. The quantitative estimate of drug-likeness (QED) is 0.383. The molecule has 3 aromatic rings. The van der Waals surface area contributed by atoms with Gasteiger partial charge in [-0.2, -0.15) is 5.10 Å². The number of carbonyl (C=O) groups excluding carboxylic acids is 1. The van der Waals surface area contributed by atoms with Gasteiger partial charge in [0.25, 0.3) is 5.91 Å². The molecule has 0 aliphatic rings. The van der Waals surface area contributed by atoms with Crippen molar-refractivity contribution in [2.45, 2.75) is 18.7 Å². The van der Waals surface area contributed by atoms with Crippen molar-refractivity contribution >= 4 is 27.6 Å². The molecule has 12 heteroatoms. The number of carboxylic acids is 1. The summed E-state index contributed by atoms with van der Waals surface area (Å²) < 4.78 is 40.7. The molecule has 0 spiro atoms. The summed E-state index contributed by atoms with van der Waals surface area (Å²) in [7, 11) is -1.06. The van der Waals surface area contributed by atoms with Crippen molar-refractivity contribution in [3.63, 3.8) is 0 Å². The Bertz CT molecular complexity index is 1330. The lowest BCUT2D eigenvalue weighted by atomic mass is 10.2. The lowest BCUT2D eigenvalue weighted by Gasteiger charge is -2.15. The Hall–Kier alpha value is -3.90. The maximum Gasteiger partial charge on any atom is 0.356 e. The fraction of sp³-hybridized carbons (Fsp3) is 0.261. The minimum absolute atomic E-state index is 0.0257. The summed E-state index contributed by atoms with van der Waals surface area (Å²) in [6.45, 7) is 3.89. The zero-order valence-electron chi connectivity index (χ0n) is 19.6. The first kappa shape index (κ1) is 25.7. The van der Waals surface area contributed by atoms with Crippen LogP contribution in [0.25, 0.3) is 0 Å². The fourth-order valence-electron chi connectivity index (χ4n) is 2.94. The van der Waals surface area contributed by atoms with Crippen molar-refractivity contribution in [2.24, 2.45) is 13.0 Å². The van der Waals surface area contributed by atoms with E-state index in [-0.39, 0.29) is 40.4 Å². The number of nitrogens with zero attached hydrogens (tertiary/aromatic N) is 2. The number of hydrogen-bond acceptors (Lipinski definition) is 7. The van der Waals surface area contributed by atoms with Crippen LogP contribution in [-0.4, -0.2) is 48.8 Å². The van der Waals surface area contributed by atoms with E-state index in [1.165, 1.54) is 43.1 Å². The number of methoxy groups -OCH3 is 1. The second-order valence-electron chi connectivity index (χ2n) is 7.99. The van der Waals surface area contributed by atoms with Crippen LogP contribution in [0.3, 0.4) is 0 Å². The van der Waals surface area contributed by atoms with E-state index in [0.29, 0.717) is 11.3 Å². The van der Waals surface area contributed by atoms with E-state index in [0.717, 1.165) is 0 Å². The number of hydrogen-bond donors (Lipinski definition) is 3. The van der Waals surface area contributed by atoms with E-state index in [4.69, 9.17) is 14.6 Å². The number of ether oxygens (including phenoxy) is 2. The zero-order valence-corrected chi connectivity index (χ0v) is 20.4. The number of aryl methyl sites for hydroxylation is 1. The Balaban J connectivity index is 1.96. The van der Waals surface area contributed by atoms with Gasteiger partial charge in [-0.15, -0.1) is 0 Å². The van der Waals surface area contributed by atoms with E-state index in [1.807, 2.05) is 13.8 Å². The lowest BCUT2D eigenvalue weighted by Crippen LogP contribution is -2.28. The number of benzene rings is 2. The highest BCUT2D eigenvalue weighted by Crippen LogP contribution is 2.32. The van der Waals surface area contributed by atoms with Gasteiger partial charge >= 0.3 is 5.97 Å². The zero-order chi connectivity index (χ0) is 25.8. The number of nitrogens with one attached hydrogen (secondary N) is 2. The molecule has 0 aliphatic carbocycles. The topological polar surface area (TPSA) is 149 Å². The summed E-state index contributed by atoms with van der Waals surface area (Å²) in [5, 5.41) is 15.6. The van der Waals surface area contributed by atoms with Crippen LogP contribution in [0.1, 0.15) is 34.7 Å². The standard InChI is InChI=1S/C23H26N4O7S/c1-14(2)13-24-35(31,32)20-11-16(25-22(28)15-5-8-17(33-4)9-6-15)7-10-19(20)34-21-12-18(23(29)30)26-27(21)3/h5-12,14,24H,13H2,1-4H3,(H,25,28)(H,29,30). The van der Waals surface area contributed by atoms with Crippen molar-refractivity contribution in [1.29, 1.82) is 0 Å². The number of aromatic carboxylic acids is 1. The van der Waals surface area contributed by atoms with Gasteiger partial charge in [-0.3, -0.25) is 4.79 Å². The first-order chi connectivity index (χ1) is 16.5. The minimum atomic E-state index is -4.05. The molecule has 2 aromatic carbocycles. The monoisotopic (exact) mass is 502 g/mol. The molecule has 0 unspecified atom stereocenters. The van der Waals surface area contributed by atoms with Gasteiger partial charge in [0.15, 0.2) is 5.69 Å². The summed E-state index contributed by atoms with van der Waals surface area (Å²) in [5.74, 6) is -1.10. The molecule has 1 aromatic heterocycles. The van der Waals surface area contributed by atoms with Crippen molar-refractivity contribution in [2.75, 3.05) is 19.0 Å². The summed E-state index contributed by atoms with van der Waals surface area (Å²) in [6.07, 6.45) is 0. The van der Waals surface area contributed by atoms with Gasteiger partial charge in [0.1, 0.15) is 16.4 Å². The third-order valence-corrected chi connectivity index (χ3v) is 6.24. The van der Waals surface area contributed by atoms with E-state index < -0.39 is 21.9 Å². The Morgan fingerprint density at radius 3 is 2.37 bits per heavy atom. The minimum Gasteiger partial charge on any atom is -0.497 e. The van der Waals surface area contributed by atoms with Gasteiger partial charge in [0.2, 0.25) is 15.9 Å². The number of amides is 1. The van der Waals surface area contributed by atoms with Gasteiger partial charge in [-0.1, -0.05) is 13.8 Å². The average molecular weight is 503 g/mol. The first-order valence-corrected chi connectivity index (χ1v) is 12.0. The molecule has 35 heavy (non-hydrogen) atoms. The van der Waals surface area contributed by atoms with Crippen molar-refractivity contribution in [1.82, 2.24) is 14.5 Å². The number of anilines is 1. The van der Waals surface area contributed by atoms with Crippen LogP contribution in [0, 0.1) is 5.92 Å². The van der Waals surface area contributed by atoms with Gasteiger partial charge in [0, 0.05) is 30.9 Å². The molecule has 0 saturated carbocycles. The molecule has 0 aliphatic heterocycles. The van der Waals surface area contributed by atoms with Crippen molar-refractivity contribution in [3.8, 4) is 17.4 Å². The molecule has 0 bridgehead atoms. The Morgan fingerprint density at radius 2 is 1.80 bits per heavy atom. The number of carboxylic acid groups (broad SMARTS) is 1. The summed E-state index contributed by atoms with van der Waals surface area (Å²) >= 11 is 0. The van der Waals surface area contributed by atoms with Crippen LogP contribution in [0.15, 0.2) is 53.4 Å². The fourth-order valence-corrected chi connectivity index (χ4v) is 4.31. The largest absolute Gasteiger partial charge is 0.497 e. The van der Waals surface area contributed by atoms with Crippen LogP contribution < -0.4 is 19.5 Å². The number of aromatic nitrogens is 2. The average Bonchev–Trinajstić information content (AvgIpc) is 3.19. The second kappa shape index (κ2) is 10.6. The maximum atomic E-state index is 13.1. The molecular weight excluding hydrogens is 476 g/mol. The van der Waals surface area contributed by atoms with E-state index in [1.54, 1.807) is 24.3 Å². The summed E-state index contributed by atoms with van der Waals surface area (Å²) in [4.78, 5) is 23.6. The van der Waals surface area contributed by atoms with Crippen molar-refractivity contribution in [3.05, 3.63) is 59.8 Å². The second-order valence-corrected chi connectivity index (χ2v) is 9.72. The number of carbonyl (C=O) groups is 2. The predicted molar refractivity (Wildman–Crippen MR) is 128 cm³/mol. The SMILES string of the molecule is COc1ccc(C(=O)Nc2ccc(Oc3cc(C(=O)O)nn3C)c(S(=O)(=O)NCC(C)C)c2)cc1. The molecule has 0 saturated heterocycles. The maximum absolute atomic E-state index is 13.1. The summed E-state index contributed by atoms with van der Waals surface area (Å²) in [5.41, 5.74) is 0.317. The molecule has 1 amide bonds. The van der Waals surface area contributed by atoms with E-state index >= 15 is 0 Å².